The number of aromatic amines is 1. The first-order valence-electron chi connectivity index (χ1n) is 7.52. The molecule has 2 rings (SSSR count). The minimum Gasteiger partial charge on any atom is -0.325 e. The highest BCUT2D eigenvalue weighted by Gasteiger charge is 2.30. The summed E-state index contributed by atoms with van der Waals surface area (Å²) < 4.78 is 39.0. The number of amides is 1. The Bertz CT molecular complexity index is 783. The van der Waals surface area contributed by atoms with Gasteiger partial charge in [-0.1, -0.05) is 18.7 Å². The second-order valence-corrected chi connectivity index (χ2v) is 6.60. The number of halogens is 3. The van der Waals surface area contributed by atoms with Crippen molar-refractivity contribution >= 4 is 23.4 Å². The van der Waals surface area contributed by atoms with E-state index in [1.54, 1.807) is 6.92 Å². The van der Waals surface area contributed by atoms with Crippen molar-refractivity contribution in [3.63, 3.8) is 0 Å². The molecule has 0 saturated carbocycles. The monoisotopic (exact) mass is 374 g/mol. The Morgan fingerprint density at radius 1 is 1.36 bits per heavy atom. The van der Waals surface area contributed by atoms with Crippen LogP contribution < -0.4 is 11.0 Å². The fraction of sp³-hybridized carbons (Fsp3) is 0.400. The summed E-state index contributed by atoms with van der Waals surface area (Å²) in [7, 11) is 0. The van der Waals surface area contributed by atoms with Gasteiger partial charge in [0.1, 0.15) is 0 Å². The van der Waals surface area contributed by atoms with Crippen LogP contribution in [0.4, 0.5) is 18.9 Å². The molecule has 0 saturated heterocycles. The van der Waals surface area contributed by atoms with Gasteiger partial charge in [-0.25, -0.2) is 9.89 Å². The number of aromatic nitrogens is 3. The molecule has 0 bridgehead atoms. The van der Waals surface area contributed by atoms with E-state index >= 15 is 0 Å². The van der Waals surface area contributed by atoms with Crippen LogP contribution in [0.2, 0.25) is 0 Å². The SMILES string of the molecule is CCCn1c(SC(C)C(=O)Nc2ccc(C(F)(F)F)cc2)n[nH]c1=O. The molecule has 0 aliphatic rings. The van der Waals surface area contributed by atoms with Crippen LogP contribution in [0.1, 0.15) is 25.8 Å². The van der Waals surface area contributed by atoms with Crippen molar-refractivity contribution in [2.75, 3.05) is 5.32 Å². The first kappa shape index (κ1) is 19.1. The summed E-state index contributed by atoms with van der Waals surface area (Å²) in [5.74, 6) is -0.400. The first-order valence-corrected chi connectivity index (χ1v) is 8.40. The summed E-state index contributed by atoms with van der Waals surface area (Å²) in [5, 5.41) is 8.57. The van der Waals surface area contributed by atoms with Gasteiger partial charge in [0.05, 0.1) is 10.8 Å². The minimum atomic E-state index is -4.42. The van der Waals surface area contributed by atoms with Crippen molar-refractivity contribution in [3.8, 4) is 0 Å². The quantitative estimate of drug-likeness (QED) is 0.762. The summed E-state index contributed by atoms with van der Waals surface area (Å²) in [6, 6.07) is 4.19. The van der Waals surface area contributed by atoms with Crippen molar-refractivity contribution in [2.24, 2.45) is 0 Å². The Kier molecular flexibility index (Phi) is 5.93. The zero-order valence-corrected chi connectivity index (χ0v) is 14.4. The third-order valence-electron chi connectivity index (χ3n) is 3.30. The molecule has 2 aromatic rings. The fourth-order valence-corrected chi connectivity index (χ4v) is 2.89. The Morgan fingerprint density at radius 2 is 2.00 bits per heavy atom. The molecule has 6 nitrogen and oxygen atoms in total. The fourth-order valence-electron chi connectivity index (χ4n) is 2.01. The highest BCUT2D eigenvalue weighted by molar-refractivity contribution is 8.00. The predicted molar refractivity (Wildman–Crippen MR) is 88.5 cm³/mol. The molecular formula is C15H17F3N4O2S. The van der Waals surface area contributed by atoms with Gasteiger partial charge >= 0.3 is 11.9 Å². The van der Waals surface area contributed by atoms with Crippen LogP contribution in [0, 0.1) is 0 Å². The van der Waals surface area contributed by atoms with Gasteiger partial charge in [-0.2, -0.15) is 13.2 Å². The normalized spacial score (nSPS) is 12.8. The average Bonchev–Trinajstić information content (AvgIpc) is 2.88. The lowest BCUT2D eigenvalue weighted by molar-refractivity contribution is -0.137. The second-order valence-electron chi connectivity index (χ2n) is 5.29. The number of rotatable bonds is 6. The Labute approximate surface area is 145 Å². The Morgan fingerprint density at radius 3 is 2.56 bits per heavy atom. The van der Waals surface area contributed by atoms with E-state index in [0.717, 1.165) is 30.3 Å². The molecule has 0 spiro atoms. The summed E-state index contributed by atoms with van der Waals surface area (Å²) in [6.07, 6.45) is -3.69. The standard InChI is InChI=1S/C15H17F3N4O2S/c1-3-8-22-13(24)20-21-14(22)25-9(2)12(23)19-11-6-4-10(5-7-11)15(16,17)18/h4-7,9H,3,8H2,1-2H3,(H,19,23)(H,20,24). The molecule has 0 fully saturated rings. The minimum absolute atomic E-state index is 0.262. The molecular weight excluding hydrogens is 357 g/mol. The summed E-state index contributed by atoms with van der Waals surface area (Å²) in [6.45, 7) is 4.01. The van der Waals surface area contributed by atoms with Crippen molar-refractivity contribution in [2.45, 2.75) is 43.4 Å². The third kappa shape index (κ3) is 4.88. The van der Waals surface area contributed by atoms with Gasteiger partial charge < -0.3 is 5.32 Å². The Balaban J connectivity index is 2.02. The van der Waals surface area contributed by atoms with E-state index in [1.165, 1.54) is 16.7 Å². The molecule has 0 radical (unpaired) electrons. The van der Waals surface area contributed by atoms with E-state index in [0.29, 0.717) is 11.7 Å². The number of benzene rings is 1. The number of alkyl halides is 3. The maximum atomic E-state index is 12.5. The van der Waals surface area contributed by atoms with Gasteiger partial charge in [-0.3, -0.25) is 9.36 Å². The number of H-pyrrole nitrogens is 1. The largest absolute Gasteiger partial charge is 0.416 e. The van der Waals surface area contributed by atoms with Crippen LogP contribution in [0.15, 0.2) is 34.2 Å². The summed E-state index contributed by atoms with van der Waals surface area (Å²) in [4.78, 5) is 23.8. The van der Waals surface area contributed by atoms with E-state index in [1.807, 2.05) is 6.92 Å². The number of thioether (sulfide) groups is 1. The zero-order chi connectivity index (χ0) is 18.6. The zero-order valence-electron chi connectivity index (χ0n) is 13.6. The molecule has 1 atom stereocenters. The highest BCUT2D eigenvalue weighted by atomic mass is 32.2. The van der Waals surface area contributed by atoms with Gasteiger partial charge in [0.15, 0.2) is 5.16 Å². The molecule has 25 heavy (non-hydrogen) atoms. The third-order valence-corrected chi connectivity index (χ3v) is 4.39. The van der Waals surface area contributed by atoms with Crippen molar-refractivity contribution in [1.82, 2.24) is 14.8 Å². The van der Waals surface area contributed by atoms with Crippen LogP contribution in [0.5, 0.6) is 0 Å². The summed E-state index contributed by atoms with van der Waals surface area (Å²) >= 11 is 1.09. The van der Waals surface area contributed by atoms with Crippen LogP contribution >= 0.6 is 11.8 Å². The lowest BCUT2D eigenvalue weighted by Crippen LogP contribution is -2.24. The van der Waals surface area contributed by atoms with Gasteiger partial charge in [-0.05, 0) is 37.6 Å². The molecule has 0 aliphatic heterocycles. The topological polar surface area (TPSA) is 79.8 Å². The smallest absolute Gasteiger partial charge is 0.325 e. The molecule has 1 heterocycles. The molecule has 10 heteroatoms. The van der Waals surface area contributed by atoms with Gasteiger partial charge in [0.2, 0.25) is 5.91 Å². The van der Waals surface area contributed by atoms with E-state index < -0.39 is 22.9 Å². The molecule has 1 aromatic carbocycles. The van der Waals surface area contributed by atoms with E-state index in [2.05, 4.69) is 15.5 Å². The van der Waals surface area contributed by atoms with Crippen LogP contribution in [0.25, 0.3) is 0 Å². The number of nitrogens with zero attached hydrogens (tertiary/aromatic N) is 2. The molecule has 1 amide bonds. The van der Waals surface area contributed by atoms with Crippen molar-refractivity contribution in [1.29, 1.82) is 0 Å². The maximum absolute atomic E-state index is 12.5. The van der Waals surface area contributed by atoms with Gasteiger partial charge in [0.25, 0.3) is 0 Å². The predicted octanol–water partition coefficient (Wildman–Crippen LogP) is 3.12. The van der Waals surface area contributed by atoms with E-state index in [4.69, 9.17) is 0 Å². The van der Waals surface area contributed by atoms with Crippen LogP contribution in [0.3, 0.4) is 0 Å². The highest BCUT2D eigenvalue weighted by Crippen LogP contribution is 2.30. The maximum Gasteiger partial charge on any atom is 0.416 e. The number of hydrogen-bond acceptors (Lipinski definition) is 4. The van der Waals surface area contributed by atoms with E-state index in [-0.39, 0.29) is 11.4 Å². The van der Waals surface area contributed by atoms with Gasteiger partial charge in [0, 0.05) is 12.2 Å². The van der Waals surface area contributed by atoms with Crippen molar-refractivity contribution in [3.05, 3.63) is 40.3 Å². The van der Waals surface area contributed by atoms with Crippen molar-refractivity contribution < 1.29 is 18.0 Å². The lowest BCUT2D eigenvalue weighted by Gasteiger charge is -2.13. The Hall–Kier alpha value is -2.23. The van der Waals surface area contributed by atoms with E-state index in [9.17, 15) is 22.8 Å². The molecule has 1 unspecified atom stereocenters. The van der Waals surface area contributed by atoms with Gasteiger partial charge in [-0.15, -0.1) is 5.10 Å². The second kappa shape index (κ2) is 7.77. The summed E-state index contributed by atoms with van der Waals surface area (Å²) in [5.41, 5.74) is -0.869. The average molecular weight is 374 g/mol. The molecule has 2 N–H and O–H groups in total. The molecule has 1 aromatic heterocycles. The lowest BCUT2D eigenvalue weighted by atomic mass is 10.2. The first-order chi connectivity index (χ1) is 11.7. The number of nitrogens with one attached hydrogen (secondary N) is 2. The molecule has 136 valence electrons. The number of anilines is 1. The van der Waals surface area contributed by atoms with Crippen LogP contribution in [-0.2, 0) is 17.5 Å². The molecule has 0 aliphatic carbocycles. The number of carbonyl (C=O) groups is 1. The van der Waals surface area contributed by atoms with Crippen LogP contribution in [-0.4, -0.2) is 25.9 Å². The number of hydrogen-bond donors (Lipinski definition) is 2. The number of carbonyl (C=O) groups excluding carboxylic acids is 1.